The molecule has 1 aromatic carbocycles. The van der Waals surface area contributed by atoms with Crippen LogP contribution in [0.2, 0.25) is 36.3 Å². The van der Waals surface area contributed by atoms with Gasteiger partial charge in [-0.2, -0.15) is 9.97 Å². The number of non-ortho nitro benzene ring substituents is 1. The van der Waals surface area contributed by atoms with Gasteiger partial charge in [0, 0.05) is 31.5 Å². The first-order valence-corrected chi connectivity index (χ1v) is 23.1. The van der Waals surface area contributed by atoms with Crippen molar-refractivity contribution in [3.63, 3.8) is 0 Å². The first kappa shape index (κ1) is 39.8. The third-order valence-electron chi connectivity index (χ3n) is 10.3. The summed E-state index contributed by atoms with van der Waals surface area (Å²) >= 11 is 0. The zero-order valence-corrected chi connectivity index (χ0v) is 33.2. The summed E-state index contributed by atoms with van der Waals surface area (Å²) in [5.74, 6) is 0.547. The molecule has 278 valence electrons. The minimum Gasteiger partial charge on any atom is -0.476 e. The summed E-state index contributed by atoms with van der Waals surface area (Å²) < 4.78 is 28.4. The highest BCUT2D eigenvalue weighted by Gasteiger charge is 2.47. The van der Waals surface area contributed by atoms with E-state index in [0.717, 1.165) is 5.56 Å². The van der Waals surface area contributed by atoms with Crippen LogP contribution in [0.5, 0.6) is 5.88 Å². The SMILES string of the molecule is CC(C)(C)[Si](C)(C)OC[C@H]1O[C@@H](n2cnc3c(OCCc4ccc([N+](=O)[O-])cc4)nc(NCCC(O)CO)nc32)C[C@@H]1O[Si](C)(C)C(C)(C)C. The van der Waals surface area contributed by atoms with E-state index >= 15 is 0 Å². The molecule has 3 N–H and O–H groups in total. The number of hydrogen-bond donors (Lipinski definition) is 3. The summed E-state index contributed by atoms with van der Waals surface area (Å²) in [4.78, 5) is 24.7. The number of nitrogens with one attached hydrogen (secondary N) is 1. The Hall–Kier alpha value is -3.00. The number of nitrogens with zero attached hydrogens (tertiary/aromatic N) is 5. The molecule has 0 radical (unpaired) electrons. The van der Waals surface area contributed by atoms with Gasteiger partial charge in [-0.05, 0) is 48.2 Å². The van der Waals surface area contributed by atoms with Crippen LogP contribution < -0.4 is 10.1 Å². The lowest BCUT2D eigenvalue weighted by Crippen LogP contribution is -2.48. The third kappa shape index (κ3) is 9.65. The van der Waals surface area contributed by atoms with Crippen LogP contribution >= 0.6 is 0 Å². The number of nitro benzene ring substituents is 1. The van der Waals surface area contributed by atoms with Gasteiger partial charge in [-0.3, -0.25) is 14.7 Å². The second-order valence-electron chi connectivity index (χ2n) is 16.1. The number of aromatic nitrogens is 4. The average Bonchev–Trinajstić information content (AvgIpc) is 3.62. The van der Waals surface area contributed by atoms with Crippen LogP contribution in [0.4, 0.5) is 11.6 Å². The first-order valence-electron chi connectivity index (χ1n) is 17.3. The summed E-state index contributed by atoms with van der Waals surface area (Å²) in [5, 5.41) is 33.4. The molecular formula is C34H56N6O8Si2. The van der Waals surface area contributed by atoms with Crippen molar-refractivity contribution in [2.24, 2.45) is 0 Å². The minimum atomic E-state index is -2.16. The number of benzene rings is 1. The number of nitro groups is 1. The van der Waals surface area contributed by atoms with Gasteiger partial charge in [0.05, 0.1) is 43.3 Å². The molecule has 2 aromatic heterocycles. The molecule has 1 saturated heterocycles. The van der Waals surface area contributed by atoms with E-state index in [0.29, 0.717) is 43.6 Å². The van der Waals surface area contributed by atoms with E-state index in [1.807, 2.05) is 4.57 Å². The molecule has 14 nitrogen and oxygen atoms in total. The van der Waals surface area contributed by atoms with Crippen LogP contribution in [0.15, 0.2) is 30.6 Å². The van der Waals surface area contributed by atoms with E-state index in [9.17, 15) is 20.3 Å². The quantitative estimate of drug-likeness (QED) is 0.0864. The molecule has 0 amide bonds. The van der Waals surface area contributed by atoms with Crippen molar-refractivity contribution in [2.45, 2.75) is 122 Å². The topological polar surface area (TPSA) is 176 Å². The number of aliphatic hydroxyl groups excluding tert-OH is 2. The molecule has 50 heavy (non-hydrogen) atoms. The van der Waals surface area contributed by atoms with Crippen molar-refractivity contribution in [2.75, 3.05) is 31.7 Å². The molecule has 4 atom stereocenters. The van der Waals surface area contributed by atoms with Crippen molar-refractivity contribution in [3.8, 4) is 5.88 Å². The highest BCUT2D eigenvalue weighted by atomic mass is 28.4. The third-order valence-corrected chi connectivity index (χ3v) is 19.3. The van der Waals surface area contributed by atoms with Crippen molar-refractivity contribution in [1.82, 2.24) is 19.5 Å². The molecule has 0 spiro atoms. The Bertz CT molecular complexity index is 1590. The Morgan fingerprint density at radius 3 is 2.34 bits per heavy atom. The molecule has 1 aliphatic rings. The molecule has 3 heterocycles. The van der Waals surface area contributed by atoms with Crippen molar-refractivity contribution in [3.05, 3.63) is 46.3 Å². The second-order valence-corrected chi connectivity index (χ2v) is 25.7. The van der Waals surface area contributed by atoms with Gasteiger partial charge in [-0.1, -0.05) is 53.7 Å². The van der Waals surface area contributed by atoms with E-state index in [-0.39, 0.29) is 53.0 Å². The number of anilines is 1. The summed E-state index contributed by atoms with van der Waals surface area (Å²) in [6, 6.07) is 6.35. The lowest BCUT2D eigenvalue weighted by atomic mass is 10.1. The molecule has 1 unspecified atom stereocenters. The number of fused-ring (bicyclic) bond motifs is 1. The lowest BCUT2D eigenvalue weighted by Gasteiger charge is -2.40. The van der Waals surface area contributed by atoms with E-state index in [1.165, 1.54) is 12.1 Å². The Kier molecular flexibility index (Phi) is 12.5. The summed E-state index contributed by atoms with van der Waals surface area (Å²) in [7, 11) is -4.23. The lowest BCUT2D eigenvalue weighted by molar-refractivity contribution is -0.384. The maximum absolute atomic E-state index is 11.0. The smallest absolute Gasteiger partial charge is 0.269 e. The van der Waals surface area contributed by atoms with Gasteiger partial charge in [-0.25, -0.2) is 4.98 Å². The van der Waals surface area contributed by atoms with Crippen molar-refractivity contribution < 1.29 is 33.5 Å². The van der Waals surface area contributed by atoms with Crippen molar-refractivity contribution in [1.29, 1.82) is 0 Å². The van der Waals surface area contributed by atoms with Crippen LogP contribution in [0, 0.1) is 10.1 Å². The minimum absolute atomic E-state index is 0.00966. The summed E-state index contributed by atoms with van der Waals surface area (Å²) in [6.07, 6.45) is 1.25. The number of imidazole rings is 1. The maximum Gasteiger partial charge on any atom is 0.269 e. The zero-order valence-electron chi connectivity index (χ0n) is 31.2. The molecule has 16 heteroatoms. The van der Waals surface area contributed by atoms with E-state index < -0.39 is 33.9 Å². The fourth-order valence-electron chi connectivity index (χ4n) is 4.98. The van der Waals surface area contributed by atoms with Crippen LogP contribution in [0.3, 0.4) is 0 Å². The molecule has 1 aliphatic heterocycles. The predicted molar refractivity (Wildman–Crippen MR) is 198 cm³/mol. The Labute approximate surface area is 297 Å². The van der Waals surface area contributed by atoms with E-state index in [1.54, 1.807) is 18.5 Å². The first-order chi connectivity index (χ1) is 23.2. The Morgan fingerprint density at radius 1 is 1.08 bits per heavy atom. The molecule has 3 aromatic rings. The van der Waals surface area contributed by atoms with Crippen LogP contribution in [0.25, 0.3) is 11.2 Å². The van der Waals surface area contributed by atoms with Crippen LogP contribution in [0.1, 0.15) is 66.2 Å². The van der Waals surface area contributed by atoms with Gasteiger partial charge in [0.25, 0.3) is 5.69 Å². The standard InChI is InChI=1S/C34H56N6O8Si2/c1-33(2,3)49(7,8)46-21-27-26(48-50(9,10)34(4,5)6)19-28(47-27)39-22-36-29-30(39)37-32(35-17-15-25(42)20-41)38-31(29)45-18-16-23-11-13-24(14-12-23)40(43)44/h11-14,22,25-28,41-42H,15-21H2,1-10H3,(H,35,37,38)/t25?,26-,27+,28+/m0/s1. The van der Waals surface area contributed by atoms with Crippen LogP contribution in [-0.4, -0.2) is 96.0 Å². The van der Waals surface area contributed by atoms with E-state index in [4.69, 9.17) is 23.3 Å². The second kappa shape index (κ2) is 15.7. The van der Waals surface area contributed by atoms with E-state index in [2.05, 4.69) is 83.0 Å². The van der Waals surface area contributed by atoms with Gasteiger partial charge in [0.15, 0.2) is 27.8 Å². The number of ether oxygens (including phenoxy) is 2. The normalized spacial score (nSPS) is 19.6. The summed E-state index contributed by atoms with van der Waals surface area (Å²) in [6.45, 7) is 23.0. The largest absolute Gasteiger partial charge is 0.476 e. The van der Waals surface area contributed by atoms with Gasteiger partial charge >= 0.3 is 0 Å². The van der Waals surface area contributed by atoms with Crippen LogP contribution in [-0.2, 0) is 20.0 Å². The maximum atomic E-state index is 11.0. The molecule has 0 saturated carbocycles. The average molecular weight is 733 g/mol. The molecule has 0 bridgehead atoms. The number of hydrogen-bond acceptors (Lipinski definition) is 12. The number of aliphatic hydroxyl groups is 2. The summed E-state index contributed by atoms with van der Waals surface area (Å²) in [5.41, 5.74) is 1.87. The highest BCUT2D eigenvalue weighted by Crippen LogP contribution is 2.43. The number of rotatable bonds is 16. The molecule has 1 fully saturated rings. The van der Waals surface area contributed by atoms with Gasteiger partial charge in [0.2, 0.25) is 11.8 Å². The Morgan fingerprint density at radius 2 is 1.74 bits per heavy atom. The fourth-order valence-corrected chi connectivity index (χ4v) is 7.35. The highest BCUT2D eigenvalue weighted by molar-refractivity contribution is 6.74. The zero-order chi connectivity index (χ0) is 37.1. The van der Waals surface area contributed by atoms with Gasteiger partial charge in [0.1, 0.15) is 12.3 Å². The predicted octanol–water partition coefficient (Wildman–Crippen LogP) is 6.21. The van der Waals surface area contributed by atoms with Gasteiger partial charge < -0.3 is 33.9 Å². The molecule has 4 rings (SSSR count). The molecule has 0 aliphatic carbocycles. The molecular weight excluding hydrogens is 677 g/mol. The monoisotopic (exact) mass is 732 g/mol. The van der Waals surface area contributed by atoms with Gasteiger partial charge in [-0.15, -0.1) is 0 Å². The Balaban J connectivity index is 1.63. The van der Waals surface area contributed by atoms with Crippen molar-refractivity contribution >= 4 is 39.4 Å². The fraction of sp³-hybridized carbons (Fsp3) is 0.676.